The van der Waals surface area contributed by atoms with Gasteiger partial charge in [0.2, 0.25) is 0 Å². The van der Waals surface area contributed by atoms with Gasteiger partial charge in [-0.25, -0.2) is 4.39 Å². The molecule has 0 N–H and O–H groups in total. The van der Waals surface area contributed by atoms with Crippen molar-refractivity contribution in [2.45, 2.75) is 13.3 Å². The first-order valence-corrected chi connectivity index (χ1v) is 5.32. The highest BCUT2D eigenvalue weighted by Gasteiger charge is 2.09. The molecule has 0 saturated carbocycles. The van der Waals surface area contributed by atoms with Crippen LogP contribution < -0.4 is 4.74 Å². The van der Waals surface area contributed by atoms with Gasteiger partial charge in [-0.3, -0.25) is 0 Å². The maximum atomic E-state index is 13.4. The second-order valence-electron chi connectivity index (χ2n) is 3.07. The molecule has 14 heavy (non-hydrogen) atoms. The van der Waals surface area contributed by atoms with Crippen LogP contribution in [0.4, 0.5) is 4.39 Å². The first-order chi connectivity index (χ1) is 6.76. The number of rotatable bonds is 2. The first-order valence-electron chi connectivity index (χ1n) is 4.51. The van der Waals surface area contributed by atoms with E-state index >= 15 is 0 Å². The van der Waals surface area contributed by atoms with Crippen molar-refractivity contribution < 1.29 is 9.13 Å². The fourth-order valence-corrected chi connectivity index (χ4v) is 2.62. The van der Waals surface area contributed by atoms with Crippen LogP contribution in [-0.4, -0.2) is 7.11 Å². The smallest absolute Gasteiger partial charge is 0.174 e. The van der Waals surface area contributed by atoms with E-state index < -0.39 is 0 Å². The molecule has 1 heterocycles. The van der Waals surface area contributed by atoms with Crippen molar-refractivity contribution in [3.05, 3.63) is 29.6 Å². The van der Waals surface area contributed by atoms with E-state index in [2.05, 4.69) is 0 Å². The predicted molar refractivity (Wildman–Crippen MR) is 57.7 cm³/mol. The van der Waals surface area contributed by atoms with E-state index in [-0.39, 0.29) is 5.82 Å². The SMILES string of the molecule is CCc1c(F)ccc2cc(OC)sc12. The highest BCUT2D eigenvalue weighted by atomic mass is 32.1. The standard InChI is InChI=1S/C11H11FOS/c1-3-8-9(12)5-4-7-6-10(13-2)14-11(7)8/h4-6H,3H2,1-2H3. The van der Waals surface area contributed by atoms with E-state index in [4.69, 9.17) is 4.74 Å². The molecule has 1 aromatic heterocycles. The van der Waals surface area contributed by atoms with Gasteiger partial charge in [0.15, 0.2) is 5.06 Å². The van der Waals surface area contributed by atoms with Crippen LogP contribution in [0.25, 0.3) is 10.1 Å². The number of benzene rings is 1. The number of halogens is 1. The van der Waals surface area contributed by atoms with Gasteiger partial charge in [0.05, 0.1) is 7.11 Å². The van der Waals surface area contributed by atoms with Crippen molar-refractivity contribution in [1.82, 2.24) is 0 Å². The van der Waals surface area contributed by atoms with Crippen LogP contribution in [0.15, 0.2) is 18.2 Å². The van der Waals surface area contributed by atoms with Crippen LogP contribution >= 0.6 is 11.3 Å². The third-order valence-electron chi connectivity index (χ3n) is 2.26. The topological polar surface area (TPSA) is 9.23 Å². The molecule has 1 nitrogen and oxygen atoms in total. The summed E-state index contributed by atoms with van der Waals surface area (Å²) in [5.41, 5.74) is 0.788. The van der Waals surface area contributed by atoms with Crippen molar-refractivity contribution in [3.8, 4) is 5.06 Å². The summed E-state index contributed by atoms with van der Waals surface area (Å²) in [6.45, 7) is 1.96. The van der Waals surface area contributed by atoms with Crippen LogP contribution in [0.5, 0.6) is 5.06 Å². The molecule has 0 aliphatic heterocycles. The molecule has 1 aromatic carbocycles. The van der Waals surface area contributed by atoms with Gasteiger partial charge in [0, 0.05) is 10.3 Å². The van der Waals surface area contributed by atoms with Crippen molar-refractivity contribution in [2.75, 3.05) is 7.11 Å². The molecule has 74 valence electrons. The molecular formula is C11H11FOS. The maximum absolute atomic E-state index is 13.4. The van der Waals surface area contributed by atoms with Crippen molar-refractivity contribution in [2.24, 2.45) is 0 Å². The van der Waals surface area contributed by atoms with Gasteiger partial charge >= 0.3 is 0 Å². The molecule has 0 spiro atoms. The number of thiophene rings is 1. The second-order valence-corrected chi connectivity index (χ2v) is 4.08. The molecule has 2 aromatic rings. The summed E-state index contributed by atoms with van der Waals surface area (Å²) in [7, 11) is 1.63. The van der Waals surface area contributed by atoms with Gasteiger partial charge in [-0.15, -0.1) is 0 Å². The van der Waals surface area contributed by atoms with E-state index in [0.29, 0.717) is 6.42 Å². The quantitative estimate of drug-likeness (QED) is 0.735. The summed E-state index contributed by atoms with van der Waals surface area (Å²) in [5.74, 6) is -0.121. The maximum Gasteiger partial charge on any atom is 0.174 e. The fraction of sp³-hybridized carbons (Fsp3) is 0.273. The van der Waals surface area contributed by atoms with Crippen LogP contribution in [0.2, 0.25) is 0 Å². The fourth-order valence-electron chi connectivity index (χ4n) is 1.54. The minimum atomic E-state index is -0.121. The molecule has 0 amide bonds. The van der Waals surface area contributed by atoms with E-state index in [1.54, 1.807) is 13.2 Å². The Morgan fingerprint density at radius 2 is 2.21 bits per heavy atom. The average molecular weight is 210 g/mol. The summed E-state index contributed by atoms with van der Waals surface area (Å²) < 4.78 is 19.5. The zero-order valence-corrected chi connectivity index (χ0v) is 8.95. The Bertz CT molecular complexity index is 462. The summed E-state index contributed by atoms with van der Waals surface area (Å²) in [5, 5.41) is 1.89. The lowest BCUT2D eigenvalue weighted by molar-refractivity contribution is 0.427. The Hall–Kier alpha value is -1.09. The molecule has 0 atom stereocenters. The number of hydrogen-bond donors (Lipinski definition) is 0. The Labute approximate surface area is 86.1 Å². The lowest BCUT2D eigenvalue weighted by atomic mass is 10.1. The molecule has 2 rings (SSSR count). The van der Waals surface area contributed by atoms with Gasteiger partial charge < -0.3 is 4.74 Å². The Morgan fingerprint density at radius 3 is 2.86 bits per heavy atom. The third kappa shape index (κ3) is 1.38. The molecular weight excluding hydrogens is 199 g/mol. The van der Waals surface area contributed by atoms with Crippen LogP contribution in [0.3, 0.4) is 0 Å². The van der Waals surface area contributed by atoms with E-state index in [1.165, 1.54) is 17.4 Å². The van der Waals surface area contributed by atoms with Crippen molar-refractivity contribution in [3.63, 3.8) is 0 Å². The zero-order valence-electron chi connectivity index (χ0n) is 8.13. The lowest BCUT2D eigenvalue weighted by Crippen LogP contribution is -1.86. The molecule has 0 fully saturated rings. The molecule has 0 aliphatic carbocycles. The average Bonchev–Trinajstić information content (AvgIpc) is 2.60. The number of hydrogen-bond acceptors (Lipinski definition) is 2. The van der Waals surface area contributed by atoms with E-state index in [9.17, 15) is 4.39 Å². The van der Waals surface area contributed by atoms with Gasteiger partial charge in [-0.05, 0) is 23.9 Å². The molecule has 0 unspecified atom stereocenters. The highest BCUT2D eigenvalue weighted by Crippen LogP contribution is 2.35. The summed E-state index contributed by atoms with van der Waals surface area (Å²) in [6, 6.07) is 5.26. The highest BCUT2D eigenvalue weighted by molar-refractivity contribution is 7.21. The molecule has 0 aliphatic rings. The zero-order chi connectivity index (χ0) is 10.1. The van der Waals surface area contributed by atoms with Crippen LogP contribution in [0.1, 0.15) is 12.5 Å². The van der Waals surface area contributed by atoms with E-state index in [0.717, 1.165) is 20.7 Å². The number of methoxy groups -OCH3 is 1. The molecule has 3 heteroatoms. The number of fused-ring (bicyclic) bond motifs is 1. The molecule has 0 radical (unpaired) electrons. The monoisotopic (exact) mass is 210 g/mol. The summed E-state index contributed by atoms with van der Waals surface area (Å²) >= 11 is 1.50. The van der Waals surface area contributed by atoms with Crippen molar-refractivity contribution in [1.29, 1.82) is 0 Å². The Morgan fingerprint density at radius 1 is 1.43 bits per heavy atom. The van der Waals surface area contributed by atoms with E-state index in [1.807, 2.05) is 13.0 Å². The molecule has 0 bridgehead atoms. The largest absolute Gasteiger partial charge is 0.487 e. The Balaban J connectivity index is 2.73. The normalized spacial score (nSPS) is 10.8. The van der Waals surface area contributed by atoms with Gasteiger partial charge in [0.25, 0.3) is 0 Å². The Kier molecular flexibility index (Phi) is 2.42. The van der Waals surface area contributed by atoms with Crippen LogP contribution in [0, 0.1) is 5.82 Å². The number of aryl methyl sites for hydroxylation is 1. The minimum absolute atomic E-state index is 0.121. The van der Waals surface area contributed by atoms with Gasteiger partial charge in [-0.2, -0.15) is 0 Å². The lowest BCUT2D eigenvalue weighted by Gasteiger charge is -1.99. The van der Waals surface area contributed by atoms with Gasteiger partial charge in [0.1, 0.15) is 5.82 Å². The van der Waals surface area contributed by atoms with Crippen LogP contribution in [-0.2, 0) is 6.42 Å². The summed E-state index contributed by atoms with van der Waals surface area (Å²) in [4.78, 5) is 0. The number of ether oxygens (including phenoxy) is 1. The molecule has 0 saturated heterocycles. The third-order valence-corrected chi connectivity index (χ3v) is 3.44. The first kappa shape index (κ1) is 9.46. The minimum Gasteiger partial charge on any atom is -0.487 e. The predicted octanol–water partition coefficient (Wildman–Crippen LogP) is 3.61. The van der Waals surface area contributed by atoms with Crippen molar-refractivity contribution >= 4 is 21.4 Å². The summed E-state index contributed by atoms with van der Waals surface area (Å²) in [6.07, 6.45) is 0.715. The van der Waals surface area contributed by atoms with Gasteiger partial charge in [-0.1, -0.05) is 24.3 Å². The second kappa shape index (κ2) is 3.58.